The van der Waals surface area contributed by atoms with Gasteiger partial charge in [-0.3, -0.25) is 4.79 Å². The molecule has 2 N–H and O–H groups in total. The summed E-state index contributed by atoms with van der Waals surface area (Å²) in [5, 5.41) is 9.53. The third kappa shape index (κ3) is 2.32. The number of imidazole rings is 1. The number of hydrogen-bond donors (Lipinski definition) is 2. The zero-order valence-electron chi connectivity index (χ0n) is 9.72. The number of halogens is 1. The number of hydrogen-bond acceptors (Lipinski definition) is 3. The van der Waals surface area contributed by atoms with Gasteiger partial charge in [0.05, 0.1) is 6.54 Å². The van der Waals surface area contributed by atoms with Crippen LogP contribution < -0.4 is 0 Å². The van der Waals surface area contributed by atoms with Crippen molar-refractivity contribution in [1.29, 1.82) is 0 Å². The van der Waals surface area contributed by atoms with Crippen LogP contribution in [0.1, 0.15) is 16.2 Å². The number of carbonyl (C=O) groups excluding carboxylic acids is 1. The fourth-order valence-corrected chi connectivity index (χ4v) is 1.60. The number of nitrogens with zero attached hydrogens (tertiary/aromatic N) is 2. The van der Waals surface area contributed by atoms with Crippen LogP contribution in [-0.4, -0.2) is 32.9 Å². The summed E-state index contributed by atoms with van der Waals surface area (Å²) in [7, 11) is 1.51. The number of benzene rings is 1. The summed E-state index contributed by atoms with van der Waals surface area (Å²) >= 11 is 0. The van der Waals surface area contributed by atoms with Crippen molar-refractivity contribution in [3.63, 3.8) is 0 Å². The molecule has 0 unspecified atom stereocenters. The summed E-state index contributed by atoms with van der Waals surface area (Å²) in [6, 6.07) is 3.75. The lowest BCUT2D eigenvalue weighted by molar-refractivity contribution is 0.0774. The van der Waals surface area contributed by atoms with Crippen LogP contribution in [0.25, 0.3) is 0 Å². The van der Waals surface area contributed by atoms with E-state index in [0.29, 0.717) is 5.82 Å². The number of amides is 1. The van der Waals surface area contributed by atoms with Crippen molar-refractivity contribution >= 4 is 5.91 Å². The maximum absolute atomic E-state index is 13.5. The summed E-state index contributed by atoms with van der Waals surface area (Å²) in [4.78, 5) is 20.1. The van der Waals surface area contributed by atoms with Crippen LogP contribution >= 0.6 is 0 Å². The van der Waals surface area contributed by atoms with E-state index in [1.807, 2.05) is 0 Å². The van der Waals surface area contributed by atoms with Crippen molar-refractivity contribution in [1.82, 2.24) is 14.9 Å². The Balaban J connectivity index is 2.21. The Bertz CT molecular complexity index is 534. The van der Waals surface area contributed by atoms with E-state index in [-0.39, 0.29) is 17.9 Å². The van der Waals surface area contributed by atoms with Gasteiger partial charge >= 0.3 is 0 Å². The predicted octanol–water partition coefficient (Wildman–Crippen LogP) is 1.53. The molecule has 0 radical (unpaired) electrons. The van der Waals surface area contributed by atoms with E-state index in [0.717, 1.165) is 6.07 Å². The highest BCUT2D eigenvalue weighted by Gasteiger charge is 2.20. The third-order valence-corrected chi connectivity index (χ3v) is 2.49. The Labute approximate surface area is 103 Å². The van der Waals surface area contributed by atoms with Crippen LogP contribution in [0.4, 0.5) is 4.39 Å². The molecule has 2 aromatic rings. The SMILES string of the molecule is CN(Cc1ncc[nH]1)C(=O)c1c(O)cccc1F. The number of carbonyl (C=O) groups is 1. The quantitative estimate of drug-likeness (QED) is 0.866. The maximum Gasteiger partial charge on any atom is 0.260 e. The molecule has 0 saturated heterocycles. The topological polar surface area (TPSA) is 69.2 Å². The number of aromatic hydroxyl groups is 1. The number of aromatic nitrogens is 2. The molecule has 2 rings (SSSR count). The zero-order valence-corrected chi connectivity index (χ0v) is 9.72. The second kappa shape index (κ2) is 4.87. The van der Waals surface area contributed by atoms with Gasteiger partial charge in [-0.15, -0.1) is 0 Å². The molecular weight excluding hydrogens is 237 g/mol. The number of phenolic OH excluding ortho intramolecular Hbond substituents is 1. The van der Waals surface area contributed by atoms with Crippen molar-refractivity contribution in [2.75, 3.05) is 7.05 Å². The highest BCUT2D eigenvalue weighted by molar-refractivity contribution is 5.96. The fourth-order valence-electron chi connectivity index (χ4n) is 1.60. The summed E-state index contributed by atoms with van der Waals surface area (Å²) < 4.78 is 13.5. The Morgan fingerprint density at radius 1 is 1.56 bits per heavy atom. The van der Waals surface area contributed by atoms with Crippen LogP contribution in [-0.2, 0) is 6.54 Å². The first-order valence-electron chi connectivity index (χ1n) is 5.31. The minimum atomic E-state index is -0.744. The molecule has 0 atom stereocenters. The van der Waals surface area contributed by atoms with Crippen molar-refractivity contribution in [2.24, 2.45) is 0 Å². The highest BCUT2D eigenvalue weighted by atomic mass is 19.1. The lowest BCUT2D eigenvalue weighted by atomic mass is 10.1. The van der Waals surface area contributed by atoms with Gasteiger partial charge in [-0.2, -0.15) is 0 Å². The molecule has 18 heavy (non-hydrogen) atoms. The van der Waals surface area contributed by atoms with Crippen LogP contribution in [0.3, 0.4) is 0 Å². The van der Waals surface area contributed by atoms with E-state index in [9.17, 15) is 14.3 Å². The molecular formula is C12H12FN3O2. The Morgan fingerprint density at radius 3 is 2.94 bits per heavy atom. The van der Waals surface area contributed by atoms with Gasteiger partial charge < -0.3 is 15.0 Å². The summed E-state index contributed by atoms with van der Waals surface area (Å²) in [5.74, 6) is -1.12. The minimum absolute atomic E-state index is 0.208. The van der Waals surface area contributed by atoms with Gasteiger partial charge in [0.15, 0.2) is 0 Å². The largest absolute Gasteiger partial charge is 0.507 e. The van der Waals surface area contributed by atoms with Gasteiger partial charge in [0.1, 0.15) is 23.0 Å². The molecule has 1 aromatic heterocycles. The second-order valence-corrected chi connectivity index (χ2v) is 3.83. The summed E-state index contributed by atoms with van der Waals surface area (Å²) in [6.45, 7) is 0.208. The lowest BCUT2D eigenvalue weighted by Gasteiger charge is -2.16. The van der Waals surface area contributed by atoms with Crippen molar-refractivity contribution in [3.05, 3.63) is 47.8 Å². The first-order valence-corrected chi connectivity index (χ1v) is 5.31. The van der Waals surface area contributed by atoms with Crippen LogP contribution in [0, 0.1) is 5.82 Å². The Hall–Kier alpha value is -2.37. The van der Waals surface area contributed by atoms with E-state index in [1.165, 1.54) is 24.1 Å². The Kier molecular flexibility index (Phi) is 3.27. The van der Waals surface area contributed by atoms with Crippen LogP contribution in [0.5, 0.6) is 5.75 Å². The van der Waals surface area contributed by atoms with Gasteiger partial charge in [-0.1, -0.05) is 6.07 Å². The van der Waals surface area contributed by atoms with Gasteiger partial charge in [0.2, 0.25) is 0 Å². The van der Waals surface area contributed by atoms with Crippen LogP contribution in [0.15, 0.2) is 30.6 Å². The minimum Gasteiger partial charge on any atom is -0.507 e. The average molecular weight is 249 g/mol. The molecule has 0 aliphatic carbocycles. The lowest BCUT2D eigenvalue weighted by Crippen LogP contribution is -2.27. The van der Waals surface area contributed by atoms with Gasteiger partial charge in [0.25, 0.3) is 5.91 Å². The maximum atomic E-state index is 13.5. The smallest absolute Gasteiger partial charge is 0.260 e. The fraction of sp³-hybridized carbons (Fsp3) is 0.167. The number of aromatic amines is 1. The van der Waals surface area contributed by atoms with Crippen LogP contribution in [0.2, 0.25) is 0 Å². The van der Waals surface area contributed by atoms with E-state index in [4.69, 9.17) is 0 Å². The van der Waals surface area contributed by atoms with Gasteiger partial charge in [-0.25, -0.2) is 9.37 Å². The molecule has 0 aliphatic rings. The molecule has 0 spiro atoms. The monoisotopic (exact) mass is 249 g/mol. The highest BCUT2D eigenvalue weighted by Crippen LogP contribution is 2.21. The second-order valence-electron chi connectivity index (χ2n) is 3.83. The standard InChI is InChI=1S/C12H12FN3O2/c1-16(7-10-14-5-6-15-10)12(18)11-8(13)3-2-4-9(11)17/h2-6,17H,7H2,1H3,(H,14,15). The number of nitrogens with one attached hydrogen (secondary N) is 1. The van der Waals surface area contributed by atoms with E-state index < -0.39 is 11.7 Å². The van der Waals surface area contributed by atoms with Crippen molar-refractivity contribution in [3.8, 4) is 5.75 Å². The number of rotatable bonds is 3. The molecule has 0 saturated carbocycles. The van der Waals surface area contributed by atoms with Gasteiger partial charge in [-0.05, 0) is 12.1 Å². The molecule has 1 aromatic carbocycles. The molecule has 6 heteroatoms. The zero-order chi connectivity index (χ0) is 13.1. The van der Waals surface area contributed by atoms with Gasteiger partial charge in [0, 0.05) is 19.4 Å². The first kappa shape index (κ1) is 12.1. The Morgan fingerprint density at radius 2 is 2.33 bits per heavy atom. The van der Waals surface area contributed by atoms with Crippen molar-refractivity contribution in [2.45, 2.75) is 6.54 Å². The number of H-pyrrole nitrogens is 1. The average Bonchev–Trinajstić information content (AvgIpc) is 2.81. The van der Waals surface area contributed by atoms with E-state index in [1.54, 1.807) is 12.4 Å². The van der Waals surface area contributed by atoms with E-state index >= 15 is 0 Å². The number of phenols is 1. The molecule has 0 fully saturated rings. The molecule has 0 bridgehead atoms. The molecule has 1 amide bonds. The molecule has 94 valence electrons. The first-order chi connectivity index (χ1) is 8.59. The summed E-state index contributed by atoms with van der Waals surface area (Å²) in [6.07, 6.45) is 3.20. The summed E-state index contributed by atoms with van der Waals surface area (Å²) in [5.41, 5.74) is -0.327. The predicted molar refractivity (Wildman–Crippen MR) is 62.5 cm³/mol. The normalized spacial score (nSPS) is 10.3. The van der Waals surface area contributed by atoms with E-state index in [2.05, 4.69) is 9.97 Å². The molecule has 0 aliphatic heterocycles. The molecule has 1 heterocycles. The van der Waals surface area contributed by atoms with Crippen molar-refractivity contribution < 1.29 is 14.3 Å². The third-order valence-electron chi connectivity index (χ3n) is 2.49. The molecule has 5 nitrogen and oxygen atoms in total.